The van der Waals surface area contributed by atoms with Gasteiger partial charge < -0.3 is 9.47 Å². The van der Waals surface area contributed by atoms with Gasteiger partial charge in [-0.3, -0.25) is 4.79 Å². The predicted molar refractivity (Wildman–Crippen MR) is 76.8 cm³/mol. The fourth-order valence-electron chi connectivity index (χ4n) is 1.68. The molecule has 0 fully saturated rings. The zero-order chi connectivity index (χ0) is 14.1. The second-order valence-electron chi connectivity index (χ2n) is 4.40. The van der Waals surface area contributed by atoms with Gasteiger partial charge in [-0.25, -0.2) is 0 Å². The maximum Gasteiger partial charge on any atom is 0.305 e. The van der Waals surface area contributed by atoms with Gasteiger partial charge in [0.05, 0.1) is 18.2 Å². The van der Waals surface area contributed by atoms with Crippen molar-refractivity contribution in [2.75, 3.05) is 13.2 Å². The Bertz CT molecular complexity index is 404. The van der Waals surface area contributed by atoms with Gasteiger partial charge in [-0.05, 0) is 50.8 Å². The number of carbonyl (C=O) groups excluding carboxylic acids is 1. The van der Waals surface area contributed by atoms with E-state index in [4.69, 9.17) is 21.1 Å². The lowest BCUT2D eigenvalue weighted by Crippen LogP contribution is -2.04. The molecule has 0 aliphatic heterocycles. The summed E-state index contributed by atoms with van der Waals surface area (Å²) in [6, 6.07) is 5.72. The zero-order valence-corrected chi connectivity index (χ0v) is 12.3. The summed E-state index contributed by atoms with van der Waals surface area (Å²) in [6.07, 6.45) is 3.18. The van der Waals surface area contributed by atoms with Crippen LogP contribution >= 0.6 is 11.6 Å². The normalized spacial score (nSPS) is 10.3. The summed E-state index contributed by atoms with van der Waals surface area (Å²) < 4.78 is 10.5. The van der Waals surface area contributed by atoms with Crippen molar-refractivity contribution in [3.8, 4) is 5.75 Å². The molecule has 0 saturated carbocycles. The molecule has 0 amide bonds. The molecular weight excluding hydrogens is 264 g/mol. The van der Waals surface area contributed by atoms with Crippen LogP contribution in [0.1, 0.15) is 38.2 Å². The van der Waals surface area contributed by atoms with Crippen LogP contribution in [0.5, 0.6) is 5.75 Å². The molecule has 4 heteroatoms. The predicted octanol–water partition coefficient (Wildman–Crippen LogP) is 4.15. The molecule has 0 unspecified atom stereocenters. The lowest BCUT2D eigenvalue weighted by atomic mass is 10.2. The molecule has 0 radical (unpaired) electrons. The van der Waals surface area contributed by atoms with Gasteiger partial charge in [-0.15, -0.1) is 0 Å². The van der Waals surface area contributed by atoms with E-state index in [-0.39, 0.29) is 5.97 Å². The van der Waals surface area contributed by atoms with Gasteiger partial charge in [0, 0.05) is 6.42 Å². The van der Waals surface area contributed by atoms with Crippen LogP contribution in [-0.2, 0) is 9.53 Å². The summed E-state index contributed by atoms with van der Waals surface area (Å²) in [7, 11) is 0. The third-order valence-electron chi connectivity index (χ3n) is 2.67. The van der Waals surface area contributed by atoms with E-state index in [2.05, 4.69) is 0 Å². The van der Waals surface area contributed by atoms with E-state index < -0.39 is 0 Å². The third-order valence-corrected chi connectivity index (χ3v) is 2.99. The Hall–Kier alpha value is -1.22. The van der Waals surface area contributed by atoms with Gasteiger partial charge >= 0.3 is 5.97 Å². The number of hydrogen-bond acceptors (Lipinski definition) is 3. The summed E-state index contributed by atoms with van der Waals surface area (Å²) in [5.74, 6) is 0.609. The molecule has 1 aromatic carbocycles. The molecule has 0 saturated heterocycles. The Kier molecular flexibility index (Phi) is 7.34. The lowest BCUT2D eigenvalue weighted by Gasteiger charge is -2.08. The van der Waals surface area contributed by atoms with Crippen LogP contribution in [0.4, 0.5) is 0 Å². The minimum absolute atomic E-state index is 0.120. The average molecular weight is 285 g/mol. The van der Waals surface area contributed by atoms with Gasteiger partial charge in [0.25, 0.3) is 0 Å². The van der Waals surface area contributed by atoms with Crippen molar-refractivity contribution in [3.05, 3.63) is 28.8 Å². The first-order valence-corrected chi connectivity index (χ1v) is 7.06. The van der Waals surface area contributed by atoms with Gasteiger partial charge in [0.2, 0.25) is 0 Å². The first-order valence-electron chi connectivity index (χ1n) is 6.68. The quantitative estimate of drug-likeness (QED) is 0.531. The highest BCUT2D eigenvalue weighted by molar-refractivity contribution is 6.32. The van der Waals surface area contributed by atoms with Gasteiger partial charge in [-0.1, -0.05) is 17.7 Å². The van der Waals surface area contributed by atoms with Gasteiger partial charge in [0.15, 0.2) is 0 Å². The van der Waals surface area contributed by atoms with Crippen molar-refractivity contribution in [2.45, 2.75) is 39.5 Å². The highest BCUT2D eigenvalue weighted by atomic mass is 35.5. The van der Waals surface area contributed by atoms with Crippen molar-refractivity contribution in [2.24, 2.45) is 0 Å². The van der Waals surface area contributed by atoms with Crippen molar-refractivity contribution >= 4 is 17.6 Å². The molecule has 0 aliphatic carbocycles. The van der Waals surface area contributed by atoms with E-state index in [0.29, 0.717) is 24.7 Å². The number of halogens is 1. The zero-order valence-electron chi connectivity index (χ0n) is 11.6. The van der Waals surface area contributed by atoms with E-state index >= 15 is 0 Å². The smallest absolute Gasteiger partial charge is 0.305 e. The second-order valence-corrected chi connectivity index (χ2v) is 4.81. The molecule has 0 bridgehead atoms. The maximum atomic E-state index is 11.1. The molecule has 0 aliphatic rings. The standard InChI is InChI=1S/C15H21ClO3/c1-3-18-15(17)7-5-4-6-10-19-14-11-12(2)8-9-13(14)16/h8-9,11H,3-7,10H2,1-2H3. The first kappa shape index (κ1) is 15.8. The molecule has 0 atom stereocenters. The molecule has 0 aromatic heterocycles. The Balaban J connectivity index is 2.14. The highest BCUT2D eigenvalue weighted by Gasteiger charge is 2.03. The summed E-state index contributed by atoms with van der Waals surface area (Å²) in [5.41, 5.74) is 1.13. The van der Waals surface area contributed by atoms with Crippen LogP contribution in [-0.4, -0.2) is 19.2 Å². The molecule has 19 heavy (non-hydrogen) atoms. The summed E-state index contributed by atoms with van der Waals surface area (Å²) in [6.45, 7) is 4.89. The Morgan fingerprint density at radius 1 is 1.26 bits per heavy atom. The molecule has 106 valence electrons. The minimum Gasteiger partial charge on any atom is -0.492 e. The largest absolute Gasteiger partial charge is 0.492 e. The number of carbonyl (C=O) groups is 1. The summed E-state index contributed by atoms with van der Waals surface area (Å²) in [5, 5.41) is 0.636. The van der Waals surface area contributed by atoms with Crippen LogP contribution < -0.4 is 4.74 Å². The lowest BCUT2D eigenvalue weighted by molar-refractivity contribution is -0.143. The van der Waals surface area contributed by atoms with E-state index in [1.807, 2.05) is 32.0 Å². The topological polar surface area (TPSA) is 35.5 Å². The van der Waals surface area contributed by atoms with E-state index in [0.717, 1.165) is 30.6 Å². The molecular formula is C15H21ClO3. The molecule has 3 nitrogen and oxygen atoms in total. The van der Waals surface area contributed by atoms with Crippen LogP contribution in [0.3, 0.4) is 0 Å². The van der Waals surface area contributed by atoms with Crippen LogP contribution in [0.2, 0.25) is 5.02 Å². The Labute approximate surface area is 119 Å². The summed E-state index contributed by atoms with van der Waals surface area (Å²) in [4.78, 5) is 11.1. The first-order chi connectivity index (χ1) is 9.13. The van der Waals surface area contributed by atoms with E-state index in [1.165, 1.54) is 0 Å². The van der Waals surface area contributed by atoms with Gasteiger partial charge in [-0.2, -0.15) is 0 Å². The fourth-order valence-corrected chi connectivity index (χ4v) is 1.86. The van der Waals surface area contributed by atoms with E-state index in [1.54, 1.807) is 0 Å². The maximum absolute atomic E-state index is 11.1. The Morgan fingerprint density at radius 2 is 2.05 bits per heavy atom. The monoisotopic (exact) mass is 284 g/mol. The van der Waals surface area contributed by atoms with Crippen molar-refractivity contribution in [1.82, 2.24) is 0 Å². The van der Waals surface area contributed by atoms with Crippen LogP contribution in [0, 0.1) is 6.92 Å². The van der Waals surface area contributed by atoms with Crippen molar-refractivity contribution < 1.29 is 14.3 Å². The highest BCUT2D eigenvalue weighted by Crippen LogP contribution is 2.25. The van der Waals surface area contributed by atoms with Crippen LogP contribution in [0.25, 0.3) is 0 Å². The minimum atomic E-state index is -0.120. The van der Waals surface area contributed by atoms with Gasteiger partial charge in [0.1, 0.15) is 5.75 Å². The number of hydrogen-bond donors (Lipinski definition) is 0. The number of aryl methyl sites for hydroxylation is 1. The number of rotatable bonds is 8. The SMILES string of the molecule is CCOC(=O)CCCCCOc1cc(C)ccc1Cl. The molecule has 0 spiro atoms. The molecule has 1 aromatic rings. The number of ether oxygens (including phenoxy) is 2. The van der Waals surface area contributed by atoms with Crippen molar-refractivity contribution in [3.63, 3.8) is 0 Å². The number of esters is 1. The molecule has 0 heterocycles. The number of unbranched alkanes of at least 4 members (excludes halogenated alkanes) is 2. The van der Waals surface area contributed by atoms with E-state index in [9.17, 15) is 4.79 Å². The van der Waals surface area contributed by atoms with Crippen LogP contribution in [0.15, 0.2) is 18.2 Å². The molecule has 0 N–H and O–H groups in total. The third kappa shape index (κ3) is 6.48. The average Bonchev–Trinajstić information content (AvgIpc) is 2.38. The van der Waals surface area contributed by atoms with Crippen molar-refractivity contribution in [1.29, 1.82) is 0 Å². The Morgan fingerprint density at radius 3 is 2.79 bits per heavy atom. The number of benzene rings is 1. The molecule has 1 rings (SSSR count). The summed E-state index contributed by atoms with van der Waals surface area (Å²) >= 11 is 6.03. The second kappa shape index (κ2) is 8.81. The fraction of sp³-hybridized carbons (Fsp3) is 0.533.